The molecule has 27 heavy (non-hydrogen) atoms. The number of furan rings is 1. The molecular formula is C21H30N4O2. The Bertz CT molecular complexity index is 706. The van der Waals surface area contributed by atoms with Crippen molar-refractivity contribution in [2.45, 2.75) is 32.6 Å². The molecule has 146 valence electrons. The summed E-state index contributed by atoms with van der Waals surface area (Å²) >= 11 is 0. The van der Waals surface area contributed by atoms with E-state index in [-0.39, 0.29) is 5.91 Å². The first-order chi connectivity index (χ1) is 13.1. The fourth-order valence-corrected chi connectivity index (χ4v) is 2.64. The van der Waals surface area contributed by atoms with Crippen LogP contribution in [0.25, 0.3) is 0 Å². The van der Waals surface area contributed by atoms with Crippen LogP contribution in [0.15, 0.2) is 52.1 Å². The van der Waals surface area contributed by atoms with Crippen LogP contribution in [0.4, 0.5) is 0 Å². The fraction of sp³-hybridized carbons (Fsp3) is 0.429. The van der Waals surface area contributed by atoms with Gasteiger partial charge in [0.2, 0.25) is 0 Å². The molecule has 0 bridgehead atoms. The second-order valence-corrected chi connectivity index (χ2v) is 6.66. The first-order valence-corrected chi connectivity index (χ1v) is 9.45. The van der Waals surface area contributed by atoms with Crippen molar-refractivity contribution in [3.05, 3.63) is 59.5 Å². The van der Waals surface area contributed by atoms with Crippen LogP contribution in [0.1, 0.15) is 47.9 Å². The number of guanidine groups is 1. The van der Waals surface area contributed by atoms with Crippen molar-refractivity contribution in [2.75, 3.05) is 26.7 Å². The Morgan fingerprint density at radius 1 is 1.04 bits per heavy atom. The number of benzene rings is 1. The van der Waals surface area contributed by atoms with Gasteiger partial charge in [-0.3, -0.25) is 9.79 Å². The summed E-state index contributed by atoms with van der Waals surface area (Å²) in [5.74, 6) is 1.41. The van der Waals surface area contributed by atoms with Gasteiger partial charge in [0.15, 0.2) is 11.7 Å². The number of carbonyl (C=O) groups excluding carboxylic acids is 1. The summed E-state index contributed by atoms with van der Waals surface area (Å²) in [5, 5.41) is 9.26. The molecule has 0 atom stereocenters. The number of hydrogen-bond acceptors (Lipinski definition) is 3. The largest absolute Gasteiger partial charge is 0.459 e. The first-order valence-electron chi connectivity index (χ1n) is 9.45. The summed E-state index contributed by atoms with van der Waals surface area (Å²) in [5.41, 5.74) is 2.73. The Balaban J connectivity index is 1.59. The molecule has 0 saturated heterocycles. The average Bonchev–Trinajstić information content (AvgIpc) is 3.21. The molecule has 0 aliphatic rings. The van der Waals surface area contributed by atoms with Gasteiger partial charge in [0, 0.05) is 26.7 Å². The summed E-state index contributed by atoms with van der Waals surface area (Å²) in [4.78, 5) is 15.9. The molecule has 1 amide bonds. The topological polar surface area (TPSA) is 78.7 Å². The highest BCUT2D eigenvalue weighted by Crippen LogP contribution is 2.15. The predicted molar refractivity (Wildman–Crippen MR) is 109 cm³/mol. The lowest BCUT2D eigenvalue weighted by Crippen LogP contribution is -2.41. The van der Waals surface area contributed by atoms with Crippen LogP contribution in [-0.4, -0.2) is 38.5 Å². The molecule has 2 rings (SSSR count). The third kappa shape index (κ3) is 7.17. The number of nitrogens with one attached hydrogen (secondary N) is 3. The minimum Gasteiger partial charge on any atom is -0.459 e. The molecule has 1 heterocycles. The minimum atomic E-state index is -0.215. The molecule has 0 fully saturated rings. The van der Waals surface area contributed by atoms with Crippen molar-refractivity contribution in [3.8, 4) is 0 Å². The van der Waals surface area contributed by atoms with Crippen molar-refractivity contribution in [3.63, 3.8) is 0 Å². The normalized spacial score (nSPS) is 11.5. The van der Waals surface area contributed by atoms with Gasteiger partial charge in [-0.1, -0.05) is 38.1 Å². The maximum Gasteiger partial charge on any atom is 0.287 e. The van der Waals surface area contributed by atoms with Crippen LogP contribution in [0.2, 0.25) is 0 Å². The van der Waals surface area contributed by atoms with Crippen LogP contribution >= 0.6 is 0 Å². The summed E-state index contributed by atoms with van der Waals surface area (Å²) in [7, 11) is 1.74. The van der Waals surface area contributed by atoms with Gasteiger partial charge in [-0.25, -0.2) is 0 Å². The standard InChI is InChI=1S/C21H30N4O2/c1-16(2)18-10-8-17(9-11-18)6-4-12-24-21(22-3)25-14-13-23-20(26)19-7-5-15-27-19/h5,7-11,15-16H,4,6,12-14H2,1-3H3,(H,23,26)(H2,22,24,25). The van der Waals surface area contributed by atoms with E-state index in [4.69, 9.17) is 4.42 Å². The lowest BCUT2D eigenvalue weighted by molar-refractivity contribution is 0.0926. The van der Waals surface area contributed by atoms with E-state index in [0.29, 0.717) is 24.8 Å². The van der Waals surface area contributed by atoms with E-state index >= 15 is 0 Å². The molecule has 0 spiro atoms. The molecule has 0 unspecified atom stereocenters. The Morgan fingerprint density at radius 3 is 2.37 bits per heavy atom. The van der Waals surface area contributed by atoms with Crippen LogP contribution in [0.5, 0.6) is 0 Å². The van der Waals surface area contributed by atoms with Crippen LogP contribution < -0.4 is 16.0 Å². The maximum absolute atomic E-state index is 11.7. The molecule has 6 nitrogen and oxygen atoms in total. The summed E-state index contributed by atoms with van der Waals surface area (Å²) < 4.78 is 5.05. The lowest BCUT2D eigenvalue weighted by atomic mass is 10.0. The van der Waals surface area contributed by atoms with Gasteiger partial charge in [0.05, 0.1) is 6.26 Å². The molecular weight excluding hydrogens is 340 g/mol. The van der Waals surface area contributed by atoms with Crippen molar-refractivity contribution < 1.29 is 9.21 Å². The maximum atomic E-state index is 11.7. The van der Waals surface area contributed by atoms with Gasteiger partial charge in [-0.15, -0.1) is 0 Å². The van der Waals surface area contributed by atoms with Gasteiger partial charge in [-0.2, -0.15) is 0 Å². The molecule has 1 aromatic heterocycles. The molecule has 0 aliphatic heterocycles. The number of nitrogens with zero attached hydrogens (tertiary/aromatic N) is 1. The Hall–Kier alpha value is -2.76. The zero-order valence-corrected chi connectivity index (χ0v) is 16.4. The highest BCUT2D eigenvalue weighted by molar-refractivity contribution is 5.91. The molecule has 1 aromatic carbocycles. The quantitative estimate of drug-likeness (QED) is 0.360. The fourth-order valence-electron chi connectivity index (χ4n) is 2.64. The van der Waals surface area contributed by atoms with E-state index in [0.717, 1.165) is 25.3 Å². The molecule has 6 heteroatoms. The highest BCUT2D eigenvalue weighted by Gasteiger charge is 2.06. The number of aliphatic imine (C=N–C) groups is 1. The van der Waals surface area contributed by atoms with Crippen LogP contribution in [-0.2, 0) is 6.42 Å². The van der Waals surface area contributed by atoms with Crippen molar-refractivity contribution >= 4 is 11.9 Å². The molecule has 2 aromatic rings. The van der Waals surface area contributed by atoms with E-state index in [1.807, 2.05) is 0 Å². The first kappa shape index (κ1) is 20.6. The van der Waals surface area contributed by atoms with E-state index in [1.54, 1.807) is 19.2 Å². The zero-order valence-electron chi connectivity index (χ0n) is 16.4. The van der Waals surface area contributed by atoms with Gasteiger partial charge in [0.1, 0.15) is 0 Å². The van der Waals surface area contributed by atoms with E-state index in [9.17, 15) is 4.79 Å². The number of rotatable bonds is 9. The lowest BCUT2D eigenvalue weighted by Gasteiger charge is -2.12. The number of aryl methyl sites for hydroxylation is 1. The smallest absolute Gasteiger partial charge is 0.287 e. The molecule has 3 N–H and O–H groups in total. The monoisotopic (exact) mass is 370 g/mol. The van der Waals surface area contributed by atoms with Gasteiger partial charge in [0.25, 0.3) is 5.91 Å². The third-order valence-electron chi connectivity index (χ3n) is 4.25. The number of hydrogen-bond donors (Lipinski definition) is 3. The summed E-state index contributed by atoms with van der Waals surface area (Å²) in [6.45, 7) is 6.33. The third-order valence-corrected chi connectivity index (χ3v) is 4.25. The average molecular weight is 370 g/mol. The molecule has 0 aliphatic carbocycles. The van der Waals surface area contributed by atoms with E-state index in [1.165, 1.54) is 17.4 Å². The summed E-state index contributed by atoms with van der Waals surface area (Å²) in [6.07, 6.45) is 3.54. The second-order valence-electron chi connectivity index (χ2n) is 6.66. The van der Waals surface area contributed by atoms with Gasteiger partial charge in [-0.05, 0) is 42.0 Å². The van der Waals surface area contributed by atoms with Gasteiger partial charge < -0.3 is 20.4 Å². The Labute approximate surface area is 161 Å². The van der Waals surface area contributed by atoms with Crippen molar-refractivity contribution in [1.82, 2.24) is 16.0 Å². The minimum absolute atomic E-state index is 0.215. The van der Waals surface area contributed by atoms with Crippen molar-refractivity contribution in [1.29, 1.82) is 0 Å². The predicted octanol–water partition coefficient (Wildman–Crippen LogP) is 2.93. The highest BCUT2D eigenvalue weighted by atomic mass is 16.3. The number of carbonyl (C=O) groups is 1. The Kier molecular flexibility index (Phi) is 8.42. The van der Waals surface area contributed by atoms with E-state index in [2.05, 4.69) is 59.1 Å². The number of amides is 1. The second kappa shape index (κ2) is 11.1. The Morgan fingerprint density at radius 2 is 1.74 bits per heavy atom. The molecule has 0 saturated carbocycles. The van der Waals surface area contributed by atoms with Crippen molar-refractivity contribution in [2.24, 2.45) is 4.99 Å². The van der Waals surface area contributed by atoms with E-state index < -0.39 is 0 Å². The van der Waals surface area contributed by atoms with Crippen LogP contribution in [0, 0.1) is 0 Å². The SMILES string of the molecule is CN=C(NCCCc1ccc(C(C)C)cc1)NCCNC(=O)c1ccco1. The summed E-state index contributed by atoms with van der Waals surface area (Å²) in [6, 6.07) is 12.2. The molecule has 0 radical (unpaired) electrons. The van der Waals surface area contributed by atoms with Gasteiger partial charge >= 0.3 is 0 Å². The zero-order chi connectivity index (χ0) is 19.5. The van der Waals surface area contributed by atoms with Crippen LogP contribution in [0.3, 0.4) is 0 Å².